The molecule has 0 saturated carbocycles. The predicted molar refractivity (Wildman–Crippen MR) is 117 cm³/mol. The van der Waals surface area contributed by atoms with Gasteiger partial charge in [0.25, 0.3) is 0 Å². The molecule has 2 aromatic carbocycles. The average Bonchev–Trinajstić information content (AvgIpc) is 2.74. The highest BCUT2D eigenvalue weighted by molar-refractivity contribution is 5.67. The third-order valence-electron chi connectivity index (χ3n) is 5.43. The Hall–Kier alpha value is -2.57. The lowest BCUT2D eigenvalue weighted by molar-refractivity contribution is 0.103. The molecule has 1 aliphatic heterocycles. The van der Waals surface area contributed by atoms with Crippen LogP contribution in [0.4, 0.5) is 10.5 Å². The maximum atomic E-state index is 12.3. The van der Waals surface area contributed by atoms with Crippen LogP contribution in [0.15, 0.2) is 54.6 Å². The van der Waals surface area contributed by atoms with Gasteiger partial charge in [-0.2, -0.15) is 0 Å². The van der Waals surface area contributed by atoms with Gasteiger partial charge < -0.3 is 19.9 Å². The van der Waals surface area contributed by atoms with E-state index in [2.05, 4.69) is 51.3 Å². The Morgan fingerprint density at radius 2 is 1.69 bits per heavy atom. The summed E-state index contributed by atoms with van der Waals surface area (Å²) in [4.78, 5) is 19.1. The molecule has 1 N–H and O–H groups in total. The Balaban J connectivity index is 1.62. The number of alkyl carbamates (subject to hydrolysis) is 1. The number of nitrogens with zero attached hydrogens (tertiary/aromatic N) is 3. The van der Waals surface area contributed by atoms with E-state index in [9.17, 15) is 4.79 Å². The molecule has 1 heterocycles. The minimum atomic E-state index is -0.377. The van der Waals surface area contributed by atoms with E-state index >= 15 is 0 Å². The van der Waals surface area contributed by atoms with Crippen LogP contribution in [0.2, 0.25) is 0 Å². The van der Waals surface area contributed by atoms with Crippen LogP contribution in [0.1, 0.15) is 17.2 Å². The largest absolute Gasteiger partial charge is 0.445 e. The summed E-state index contributed by atoms with van der Waals surface area (Å²) in [6.45, 7) is 4.84. The summed E-state index contributed by atoms with van der Waals surface area (Å²) in [7, 11) is 6.23. The molecular formula is C23H32N4O2. The zero-order valence-electron chi connectivity index (χ0n) is 17.7. The predicted octanol–water partition coefficient (Wildman–Crippen LogP) is 2.97. The summed E-state index contributed by atoms with van der Waals surface area (Å²) < 4.78 is 5.39. The van der Waals surface area contributed by atoms with Gasteiger partial charge in [-0.1, -0.05) is 42.5 Å². The number of piperazine rings is 1. The van der Waals surface area contributed by atoms with Crippen molar-refractivity contribution >= 4 is 11.8 Å². The topological polar surface area (TPSA) is 48.1 Å². The summed E-state index contributed by atoms with van der Waals surface area (Å²) in [6, 6.07) is 18.5. The second-order valence-corrected chi connectivity index (χ2v) is 7.78. The van der Waals surface area contributed by atoms with Gasteiger partial charge in [0.15, 0.2) is 0 Å². The Kier molecular flexibility index (Phi) is 7.49. The number of carbonyl (C=O) groups is 1. The number of nitrogens with one attached hydrogen (secondary N) is 1. The normalized spacial score (nSPS) is 16.2. The first-order chi connectivity index (χ1) is 14.0. The van der Waals surface area contributed by atoms with Gasteiger partial charge in [-0.15, -0.1) is 0 Å². The quantitative estimate of drug-likeness (QED) is 0.780. The molecule has 0 aliphatic carbocycles. The number of amides is 1. The van der Waals surface area contributed by atoms with E-state index in [1.807, 2.05) is 44.4 Å². The zero-order chi connectivity index (χ0) is 20.6. The lowest BCUT2D eigenvalue weighted by atomic mass is 10.0. The van der Waals surface area contributed by atoms with Crippen molar-refractivity contribution < 1.29 is 9.53 Å². The highest BCUT2D eigenvalue weighted by atomic mass is 16.5. The molecule has 2 aromatic rings. The first kappa shape index (κ1) is 21.1. The first-order valence-corrected chi connectivity index (χ1v) is 10.2. The molecule has 0 bridgehead atoms. The zero-order valence-corrected chi connectivity index (χ0v) is 17.7. The van der Waals surface area contributed by atoms with E-state index in [1.54, 1.807) is 0 Å². The van der Waals surface area contributed by atoms with Gasteiger partial charge in [-0.25, -0.2) is 4.79 Å². The summed E-state index contributed by atoms with van der Waals surface area (Å²) in [6.07, 6.45) is -0.377. The summed E-state index contributed by atoms with van der Waals surface area (Å²) >= 11 is 0. The number of likely N-dealkylation sites (N-methyl/N-ethyl adjacent to an activating group) is 1. The summed E-state index contributed by atoms with van der Waals surface area (Å²) in [5, 5.41) is 2.97. The number of hydrogen-bond donors (Lipinski definition) is 1. The van der Waals surface area contributed by atoms with E-state index < -0.39 is 0 Å². The molecule has 6 heteroatoms. The lowest BCUT2D eigenvalue weighted by Crippen LogP contribution is -2.48. The Morgan fingerprint density at radius 1 is 1.03 bits per heavy atom. The second kappa shape index (κ2) is 10.3. The molecule has 0 aromatic heterocycles. The molecule has 0 radical (unpaired) electrons. The molecule has 1 unspecified atom stereocenters. The van der Waals surface area contributed by atoms with Gasteiger partial charge in [-0.3, -0.25) is 4.90 Å². The fourth-order valence-corrected chi connectivity index (χ4v) is 3.54. The molecule has 1 aliphatic rings. The standard InChI is InChI=1S/C23H32N4O2/c1-25(2)21-11-9-20(10-12-21)22(27-15-13-26(3)14-16-27)17-24-23(28)29-18-19-7-5-4-6-8-19/h4-12,22H,13-18H2,1-3H3,(H,24,28). The van der Waals surface area contributed by atoms with Crippen LogP contribution in [0.3, 0.4) is 0 Å². The molecule has 1 fully saturated rings. The van der Waals surface area contributed by atoms with Crippen molar-refractivity contribution in [3.05, 3.63) is 65.7 Å². The van der Waals surface area contributed by atoms with E-state index in [0.29, 0.717) is 6.54 Å². The number of benzene rings is 2. The van der Waals surface area contributed by atoms with Gasteiger partial charge in [0, 0.05) is 52.5 Å². The van der Waals surface area contributed by atoms with E-state index in [4.69, 9.17) is 4.74 Å². The van der Waals surface area contributed by atoms with E-state index in [0.717, 1.165) is 31.7 Å². The van der Waals surface area contributed by atoms with Crippen molar-refractivity contribution in [2.24, 2.45) is 0 Å². The second-order valence-electron chi connectivity index (χ2n) is 7.78. The molecule has 6 nitrogen and oxygen atoms in total. The Labute approximate surface area is 174 Å². The number of ether oxygens (including phenoxy) is 1. The van der Waals surface area contributed by atoms with Crippen LogP contribution in [-0.4, -0.2) is 69.8 Å². The number of carbonyl (C=O) groups excluding carboxylic acids is 1. The molecule has 3 rings (SSSR count). The van der Waals surface area contributed by atoms with Crippen molar-refractivity contribution in [2.75, 3.05) is 58.8 Å². The molecule has 1 atom stereocenters. The maximum Gasteiger partial charge on any atom is 0.407 e. The van der Waals surface area contributed by atoms with Crippen LogP contribution >= 0.6 is 0 Å². The van der Waals surface area contributed by atoms with Crippen LogP contribution in [0, 0.1) is 0 Å². The third-order valence-corrected chi connectivity index (χ3v) is 5.43. The van der Waals surface area contributed by atoms with Crippen LogP contribution in [0.25, 0.3) is 0 Å². The Morgan fingerprint density at radius 3 is 2.31 bits per heavy atom. The molecule has 156 valence electrons. The molecular weight excluding hydrogens is 364 g/mol. The summed E-state index contributed by atoms with van der Waals surface area (Å²) in [5.41, 5.74) is 3.36. The monoisotopic (exact) mass is 396 g/mol. The van der Waals surface area contributed by atoms with Crippen LogP contribution in [0.5, 0.6) is 0 Å². The minimum absolute atomic E-state index is 0.129. The third kappa shape index (κ3) is 6.21. The molecule has 29 heavy (non-hydrogen) atoms. The van der Waals surface area contributed by atoms with Crippen LogP contribution < -0.4 is 10.2 Å². The smallest absolute Gasteiger partial charge is 0.407 e. The van der Waals surface area contributed by atoms with Crippen molar-refractivity contribution in [1.82, 2.24) is 15.1 Å². The van der Waals surface area contributed by atoms with E-state index in [1.165, 1.54) is 11.3 Å². The average molecular weight is 397 g/mol. The number of hydrogen-bond acceptors (Lipinski definition) is 5. The first-order valence-electron chi connectivity index (χ1n) is 10.2. The number of rotatable bonds is 7. The maximum absolute atomic E-state index is 12.3. The Bertz CT molecular complexity index is 756. The SMILES string of the molecule is CN1CCN(C(CNC(=O)OCc2ccccc2)c2ccc(N(C)C)cc2)CC1. The van der Waals surface area contributed by atoms with Gasteiger partial charge in [0.1, 0.15) is 6.61 Å². The van der Waals surface area contributed by atoms with Crippen molar-refractivity contribution in [1.29, 1.82) is 0 Å². The molecule has 1 amide bonds. The van der Waals surface area contributed by atoms with Crippen molar-refractivity contribution in [3.8, 4) is 0 Å². The van der Waals surface area contributed by atoms with Gasteiger partial charge in [0.2, 0.25) is 0 Å². The van der Waals surface area contributed by atoms with Crippen LogP contribution in [-0.2, 0) is 11.3 Å². The highest BCUT2D eigenvalue weighted by Crippen LogP contribution is 2.24. The molecule has 0 spiro atoms. The fraction of sp³-hybridized carbons (Fsp3) is 0.435. The number of anilines is 1. The minimum Gasteiger partial charge on any atom is -0.445 e. The summed E-state index contributed by atoms with van der Waals surface area (Å²) in [5.74, 6) is 0. The van der Waals surface area contributed by atoms with Crippen molar-refractivity contribution in [2.45, 2.75) is 12.6 Å². The van der Waals surface area contributed by atoms with Gasteiger partial charge >= 0.3 is 6.09 Å². The van der Waals surface area contributed by atoms with Gasteiger partial charge in [-0.05, 0) is 30.3 Å². The van der Waals surface area contributed by atoms with Crippen molar-refractivity contribution in [3.63, 3.8) is 0 Å². The van der Waals surface area contributed by atoms with E-state index in [-0.39, 0.29) is 18.7 Å². The fourth-order valence-electron chi connectivity index (χ4n) is 3.54. The molecule has 1 saturated heterocycles. The highest BCUT2D eigenvalue weighted by Gasteiger charge is 2.24. The lowest BCUT2D eigenvalue weighted by Gasteiger charge is -2.38. The van der Waals surface area contributed by atoms with Gasteiger partial charge in [0.05, 0.1) is 6.04 Å².